The molecule has 9 heteroatoms. The lowest BCUT2D eigenvalue weighted by Gasteiger charge is -2.35. The second kappa shape index (κ2) is 8.87. The molecule has 0 spiro atoms. The summed E-state index contributed by atoms with van der Waals surface area (Å²) in [6.45, 7) is 7.97. The minimum atomic E-state index is -4.54. The van der Waals surface area contributed by atoms with Gasteiger partial charge in [-0.3, -0.25) is 4.79 Å². The number of benzene rings is 1. The molecule has 0 radical (unpaired) electrons. The number of alkyl halides is 3. The third-order valence-electron chi connectivity index (χ3n) is 6.48. The van der Waals surface area contributed by atoms with E-state index < -0.39 is 25.8 Å². The molecule has 2 N–H and O–H groups in total. The van der Waals surface area contributed by atoms with E-state index in [-0.39, 0.29) is 22.0 Å². The molecule has 0 aliphatic carbocycles. The van der Waals surface area contributed by atoms with Crippen LogP contribution >= 0.6 is 0 Å². The van der Waals surface area contributed by atoms with E-state index in [1.165, 1.54) is 7.11 Å². The van der Waals surface area contributed by atoms with Gasteiger partial charge >= 0.3 is 6.18 Å². The van der Waals surface area contributed by atoms with Gasteiger partial charge in [0, 0.05) is 18.1 Å². The fraction of sp³-hybridized carbons (Fsp3) is 0.375. The van der Waals surface area contributed by atoms with Crippen molar-refractivity contribution in [1.29, 1.82) is 0 Å². The van der Waals surface area contributed by atoms with Gasteiger partial charge in [-0.15, -0.1) is 0 Å². The molecule has 0 saturated carbocycles. The minimum Gasteiger partial charge on any atom is -0.496 e. The SMILES string of the molecule is COc1cc(C(F)(F)F)ccc1C(=O)c1[nH]ccc1-n1cccc1CCC(C)(C)[Si](C)(C)O. The van der Waals surface area contributed by atoms with E-state index in [1.54, 1.807) is 12.3 Å². The Kier molecular flexibility index (Phi) is 6.68. The normalized spacial score (nSPS) is 12.8. The molecule has 0 amide bonds. The minimum absolute atomic E-state index is 0.0390. The van der Waals surface area contributed by atoms with Crippen molar-refractivity contribution in [3.05, 3.63) is 71.3 Å². The molecule has 2 aromatic heterocycles. The van der Waals surface area contributed by atoms with Crippen molar-refractivity contribution in [1.82, 2.24) is 9.55 Å². The van der Waals surface area contributed by atoms with Gasteiger partial charge in [-0.2, -0.15) is 13.2 Å². The van der Waals surface area contributed by atoms with Crippen LogP contribution in [0.25, 0.3) is 5.69 Å². The number of H-pyrrole nitrogens is 1. The lowest BCUT2D eigenvalue weighted by atomic mass is 10.0. The molecule has 0 atom stereocenters. The van der Waals surface area contributed by atoms with Gasteiger partial charge in [0.2, 0.25) is 5.78 Å². The summed E-state index contributed by atoms with van der Waals surface area (Å²) in [7, 11) is -1.13. The third-order valence-corrected chi connectivity index (χ3v) is 10.0. The van der Waals surface area contributed by atoms with E-state index in [4.69, 9.17) is 4.74 Å². The average Bonchev–Trinajstić information content (AvgIpc) is 3.38. The van der Waals surface area contributed by atoms with Crippen LogP contribution in [-0.2, 0) is 12.6 Å². The Morgan fingerprint density at radius 2 is 1.88 bits per heavy atom. The topological polar surface area (TPSA) is 67.2 Å². The smallest absolute Gasteiger partial charge is 0.416 e. The van der Waals surface area contributed by atoms with Gasteiger partial charge < -0.3 is 19.1 Å². The predicted octanol–water partition coefficient (Wildman–Crippen LogP) is 5.97. The van der Waals surface area contributed by atoms with Gasteiger partial charge in [-0.25, -0.2) is 0 Å². The molecular weight excluding hydrogens is 449 g/mol. The number of rotatable bonds is 8. The number of nitrogens with one attached hydrogen (secondary N) is 1. The molecule has 0 unspecified atom stereocenters. The highest BCUT2D eigenvalue weighted by Gasteiger charge is 2.37. The van der Waals surface area contributed by atoms with Gasteiger partial charge in [-0.1, -0.05) is 13.8 Å². The Hall–Kier alpha value is -2.78. The van der Waals surface area contributed by atoms with Crippen LogP contribution in [0.3, 0.4) is 0 Å². The highest BCUT2D eigenvalue weighted by atomic mass is 28.4. The monoisotopic (exact) mass is 478 g/mol. The molecule has 0 fully saturated rings. The first-order valence-electron chi connectivity index (χ1n) is 10.6. The highest BCUT2D eigenvalue weighted by molar-refractivity contribution is 6.72. The van der Waals surface area contributed by atoms with E-state index in [0.29, 0.717) is 12.1 Å². The molecule has 33 heavy (non-hydrogen) atoms. The number of aromatic nitrogens is 2. The zero-order chi connectivity index (χ0) is 24.6. The van der Waals surface area contributed by atoms with Gasteiger partial charge in [0.1, 0.15) is 11.4 Å². The van der Waals surface area contributed by atoms with E-state index in [0.717, 1.165) is 30.3 Å². The van der Waals surface area contributed by atoms with Crippen molar-refractivity contribution in [3.63, 3.8) is 0 Å². The maximum atomic E-state index is 13.3. The Labute approximate surface area is 192 Å². The fourth-order valence-electron chi connectivity index (χ4n) is 3.54. The zero-order valence-electron chi connectivity index (χ0n) is 19.4. The van der Waals surface area contributed by atoms with Crippen LogP contribution in [0, 0.1) is 0 Å². The van der Waals surface area contributed by atoms with Crippen molar-refractivity contribution in [2.45, 2.75) is 51.0 Å². The highest BCUT2D eigenvalue weighted by Crippen LogP contribution is 2.40. The van der Waals surface area contributed by atoms with Crippen molar-refractivity contribution >= 4 is 14.1 Å². The summed E-state index contributed by atoms with van der Waals surface area (Å²) >= 11 is 0. The van der Waals surface area contributed by atoms with Crippen LogP contribution in [0.5, 0.6) is 5.75 Å². The molecule has 0 aliphatic heterocycles. The van der Waals surface area contributed by atoms with Crippen LogP contribution in [0.15, 0.2) is 48.8 Å². The van der Waals surface area contributed by atoms with Crippen LogP contribution in [0.1, 0.15) is 47.6 Å². The number of nitrogens with zero attached hydrogens (tertiary/aromatic N) is 1. The first-order chi connectivity index (χ1) is 15.3. The zero-order valence-corrected chi connectivity index (χ0v) is 20.4. The third kappa shape index (κ3) is 5.09. The molecule has 0 aliphatic rings. The maximum absolute atomic E-state index is 13.3. The number of methoxy groups -OCH3 is 1. The summed E-state index contributed by atoms with van der Waals surface area (Å²) in [4.78, 5) is 26.8. The number of aromatic amines is 1. The van der Waals surface area contributed by atoms with Crippen LogP contribution in [-0.4, -0.2) is 35.6 Å². The number of ether oxygens (including phenoxy) is 1. The molecule has 1 aromatic carbocycles. The first kappa shape index (κ1) is 24.9. The quantitative estimate of drug-likeness (QED) is 0.309. The molecule has 5 nitrogen and oxygen atoms in total. The number of hydrogen-bond acceptors (Lipinski definition) is 3. The molecular formula is C24H29F3N2O3Si. The van der Waals surface area contributed by atoms with E-state index in [1.807, 2.05) is 36.0 Å². The lowest BCUT2D eigenvalue weighted by molar-refractivity contribution is -0.137. The van der Waals surface area contributed by atoms with Gasteiger partial charge in [-0.05, 0) is 67.4 Å². The van der Waals surface area contributed by atoms with Crippen LogP contribution in [0.4, 0.5) is 13.2 Å². The summed E-state index contributed by atoms with van der Waals surface area (Å²) in [5, 5.41) is -0.202. The lowest BCUT2D eigenvalue weighted by Crippen LogP contribution is -2.39. The van der Waals surface area contributed by atoms with Crippen molar-refractivity contribution in [3.8, 4) is 11.4 Å². The fourth-order valence-corrected chi connectivity index (χ4v) is 4.27. The Morgan fingerprint density at radius 3 is 2.48 bits per heavy atom. The number of halogens is 3. The molecule has 3 rings (SSSR count). The predicted molar refractivity (Wildman–Crippen MR) is 124 cm³/mol. The summed E-state index contributed by atoms with van der Waals surface area (Å²) in [5.41, 5.74) is 0.974. The average molecular weight is 479 g/mol. The first-order valence-corrected chi connectivity index (χ1v) is 13.6. The Morgan fingerprint density at radius 1 is 1.18 bits per heavy atom. The standard InChI is InChI=1S/C24H29F3N2O3Si/c1-23(2,33(4,5)31)12-10-17-7-6-14-29(17)19-11-13-28-21(19)22(30)18-9-8-16(24(25,26)27)15-20(18)32-3/h6-9,11,13-15,28,31H,10,12H2,1-5H3. The molecule has 2 heterocycles. The Bertz CT molecular complexity index is 1140. The van der Waals surface area contributed by atoms with Crippen LogP contribution < -0.4 is 4.74 Å². The second-order valence-corrected chi connectivity index (χ2v) is 13.8. The largest absolute Gasteiger partial charge is 0.496 e. The number of hydrogen-bond donors (Lipinski definition) is 2. The maximum Gasteiger partial charge on any atom is 0.416 e. The van der Waals surface area contributed by atoms with Gasteiger partial charge in [0.15, 0.2) is 8.32 Å². The van der Waals surface area contributed by atoms with Crippen LogP contribution in [0.2, 0.25) is 18.1 Å². The Balaban J connectivity index is 1.94. The molecule has 0 saturated heterocycles. The second-order valence-electron chi connectivity index (χ2n) is 9.29. The van der Waals surface area contributed by atoms with Gasteiger partial charge in [0.05, 0.1) is 23.9 Å². The number of carbonyl (C=O) groups excluding carboxylic acids is 1. The summed E-state index contributed by atoms with van der Waals surface area (Å²) in [6, 6.07) is 8.44. The van der Waals surface area contributed by atoms with Crippen molar-refractivity contribution < 1.29 is 27.5 Å². The molecule has 3 aromatic rings. The van der Waals surface area contributed by atoms with Crippen molar-refractivity contribution in [2.24, 2.45) is 0 Å². The van der Waals surface area contributed by atoms with E-state index >= 15 is 0 Å². The summed E-state index contributed by atoms with van der Waals surface area (Å²) < 4.78 is 46.2. The number of carbonyl (C=O) groups is 1. The number of aryl methyl sites for hydroxylation is 1. The molecule has 178 valence electrons. The van der Waals surface area contributed by atoms with Crippen molar-refractivity contribution in [2.75, 3.05) is 7.11 Å². The summed E-state index contributed by atoms with van der Waals surface area (Å²) in [6.07, 6.45) is 0.392. The number of ketones is 1. The van der Waals surface area contributed by atoms with E-state index in [2.05, 4.69) is 18.8 Å². The molecule has 0 bridgehead atoms. The van der Waals surface area contributed by atoms with Gasteiger partial charge in [0.25, 0.3) is 0 Å². The summed E-state index contributed by atoms with van der Waals surface area (Å²) in [5.74, 6) is -0.607. The van der Waals surface area contributed by atoms with E-state index in [9.17, 15) is 22.8 Å².